The zero-order chi connectivity index (χ0) is 7.68. The Labute approximate surface area is 88.8 Å². The first-order chi connectivity index (χ1) is 5.38. The van der Waals surface area contributed by atoms with Crippen molar-refractivity contribution in [2.45, 2.75) is 5.92 Å². The van der Waals surface area contributed by atoms with Gasteiger partial charge in [0.2, 0.25) is 0 Å². The fourth-order valence-electron chi connectivity index (χ4n) is 1.18. The van der Waals surface area contributed by atoms with Gasteiger partial charge in [0.15, 0.2) is 0 Å². The van der Waals surface area contributed by atoms with Crippen molar-refractivity contribution < 1.29 is 4.39 Å². The number of aromatic nitrogens is 1. The molecule has 1 fully saturated rings. The van der Waals surface area contributed by atoms with Gasteiger partial charge in [-0.3, -0.25) is 4.98 Å². The Morgan fingerprint density at radius 1 is 1.38 bits per heavy atom. The van der Waals surface area contributed by atoms with Gasteiger partial charge in [0.05, 0.1) is 5.69 Å². The molecule has 0 bridgehead atoms. The zero-order valence-corrected chi connectivity index (χ0v) is 8.50. The maximum atomic E-state index is 13.0. The van der Waals surface area contributed by atoms with Crippen molar-refractivity contribution >= 4 is 24.8 Å². The Balaban J connectivity index is 0.000000720. The van der Waals surface area contributed by atoms with Gasteiger partial charge in [0, 0.05) is 25.2 Å². The summed E-state index contributed by atoms with van der Waals surface area (Å²) in [5.41, 5.74) is 0.603. The van der Waals surface area contributed by atoms with E-state index in [1.54, 1.807) is 12.3 Å². The minimum atomic E-state index is -0.181. The van der Waals surface area contributed by atoms with Gasteiger partial charge in [-0.1, -0.05) is 0 Å². The SMILES string of the molecule is Cl.Cl.Fc1cccnc1C1CNC1. The highest BCUT2D eigenvalue weighted by molar-refractivity contribution is 5.85. The zero-order valence-electron chi connectivity index (χ0n) is 6.87. The van der Waals surface area contributed by atoms with Crippen molar-refractivity contribution in [2.75, 3.05) is 13.1 Å². The van der Waals surface area contributed by atoms with Crippen molar-refractivity contribution in [1.29, 1.82) is 0 Å². The molecular formula is C8H11Cl2FN2. The topological polar surface area (TPSA) is 24.9 Å². The average Bonchev–Trinajstić information content (AvgIpc) is 1.90. The molecular weight excluding hydrogens is 214 g/mol. The summed E-state index contributed by atoms with van der Waals surface area (Å²) in [7, 11) is 0. The quantitative estimate of drug-likeness (QED) is 0.787. The van der Waals surface area contributed by atoms with Gasteiger partial charge in [-0.15, -0.1) is 24.8 Å². The monoisotopic (exact) mass is 224 g/mol. The molecule has 2 heterocycles. The van der Waals surface area contributed by atoms with E-state index in [2.05, 4.69) is 10.3 Å². The van der Waals surface area contributed by atoms with Crippen LogP contribution in [0.15, 0.2) is 18.3 Å². The molecule has 0 aromatic carbocycles. The van der Waals surface area contributed by atoms with E-state index < -0.39 is 0 Å². The van der Waals surface area contributed by atoms with Crippen molar-refractivity contribution in [3.63, 3.8) is 0 Å². The van der Waals surface area contributed by atoms with Gasteiger partial charge in [-0.05, 0) is 12.1 Å². The van der Waals surface area contributed by atoms with Gasteiger partial charge in [0.25, 0.3) is 0 Å². The third-order valence-electron chi connectivity index (χ3n) is 1.96. The molecule has 0 saturated carbocycles. The minimum absolute atomic E-state index is 0. The van der Waals surface area contributed by atoms with E-state index in [1.807, 2.05) is 0 Å². The molecule has 5 heteroatoms. The van der Waals surface area contributed by atoms with E-state index in [0.29, 0.717) is 5.69 Å². The minimum Gasteiger partial charge on any atom is -0.315 e. The highest BCUT2D eigenvalue weighted by Gasteiger charge is 2.22. The first-order valence-corrected chi connectivity index (χ1v) is 3.69. The van der Waals surface area contributed by atoms with E-state index >= 15 is 0 Å². The van der Waals surface area contributed by atoms with Crippen molar-refractivity contribution in [3.05, 3.63) is 29.8 Å². The molecule has 2 rings (SSSR count). The Morgan fingerprint density at radius 3 is 2.54 bits per heavy atom. The predicted octanol–water partition coefficient (Wildman–Crippen LogP) is 1.75. The molecule has 1 aromatic heterocycles. The maximum Gasteiger partial charge on any atom is 0.145 e. The van der Waals surface area contributed by atoms with Gasteiger partial charge in [-0.25, -0.2) is 4.39 Å². The first-order valence-electron chi connectivity index (χ1n) is 3.69. The number of halogens is 3. The molecule has 1 aliphatic heterocycles. The van der Waals surface area contributed by atoms with Crippen molar-refractivity contribution in [2.24, 2.45) is 0 Å². The smallest absolute Gasteiger partial charge is 0.145 e. The summed E-state index contributed by atoms with van der Waals surface area (Å²) in [6.45, 7) is 1.71. The number of nitrogens with zero attached hydrogens (tertiary/aromatic N) is 1. The van der Waals surface area contributed by atoms with Gasteiger partial charge in [0.1, 0.15) is 5.82 Å². The van der Waals surface area contributed by atoms with Gasteiger partial charge < -0.3 is 5.32 Å². The normalized spacial score (nSPS) is 15.2. The number of nitrogens with one attached hydrogen (secondary N) is 1. The summed E-state index contributed by atoms with van der Waals surface area (Å²) in [6.07, 6.45) is 1.64. The largest absolute Gasteiger partial charge is 0.315 e. The van der Waals surface area contributed by atoms with Gasteiger partial charge in [-0.2, -0.15) is 0 Å². The van der Waals surface area contributed by atoms with Crippen LogP contribution in [0.5, 0.6) is 0 Å². The molecule has 2 nitrogen and oxygen atoms in total. The predicted molar refractivity (Wildman–Crippen MR) is 54.3 cm³/mol. The first kappa shape index (κ1) is 12.6. The number of hydrogen-bond acceptors (Lipinski definition) is 2. The molecule has 0 spiro atoms. The summed E-state index contributed by atoms with van der Waals surface area (Å²) in [5, 5.41) is 3.08. The van der Waals surface area contributed by atoms with Crippen LogP contribution in [0.3, 0.4) is 0 Å². The Kier molecular flexibility index (Phi) is 5.21. The van der Waals surface area contributed by atoms with E-state index in [9.17, 15) is 4.39 Å². The van der Waals surface area contributed by atoms with Crippen LogP contribution >= 0.6 is 24.8 Å². The summed E-state index contributed by atoms with van der Waals surface area (Å²) in [6, 6.07) is 3.07. The summed E-state index contributed by atoms with van der Waals surface area (Å²) in [5.74, 6) is 0.107. The molecule has 0 unspecified atom stereocenters. The van der Waals surface area contributed by atoms with Crippen LogP contribution in [-0.2, 0) is 0 Å². The third kappa shape index (κ3) is 2.53. The lowest BCUT2D eigenvalue weighted by Gasteiger charge is -2.26. The summed E-state index contributed by atoms with van der Waals surface area (Å²) >= 11 is 0. The van der Waals surface area contributed by atoms with Crippen LogP contribution in [0, 0.1) is 5.82 Å². The summed E-state index contributed by atoms with van der Waals surface area (Å²) in [4.78, 5) is 3.99. The maximum absolute atomic E-state index is 13.0. The lowest BCUT2D eigenvalue weighted by Crippen LogP contribution is -2.40. The number of hydrogen-bond donors (Lipinski definition) is 1. The molecule has 0 atom stereocenters. The average molecular weight is 225 g/mol. The van der Waals surface area contributed by atoms with E-state index in [4.69, 9.17) is 0 Å². The van der Waals surface area contributed by atoms with Crippen LogP contribution in [0.1, 0.15) is 11.6 Å². The molecule has 1 N–H and O–H groups in total. The van der Waals surface area contributed by atoms with Crippen LogP contribution in [-0.4, -0.2) is 18.1 Å². The fraction of sp³-hybridized carbons (Fsp3) is 0.375. The van der Waals surface area contributed by atoms with Crippen LogP contribution in [0.4, 0.5) is 4.39 Å². The molecule has 0 radical (unpaired) electrons. The third-order valence-corrected chi connectivity index (χ3v) is 1.96. The standard InChI is InChI=1S/C8H9FN2.2ClH/c9-7-2-1-3-11-8(7)6-4-10-5-6;;/h1-3,6,10H,4-5H2;2*1H. The number of pyridine rings is 1. The highest BCUT2D eigenvalue weighted by Crippen LogP contribution is 2.19. The van der Waals surface area contributed by atoms with Crippen LogP contribution in [0.2, 0.25) is 0 Å². The van der Waals surface area contributed by atoms with Crippen molar-refractivity contribution in [1.82, 2.24) is 10.3 Å². The lowest BCUT2D eigenvalue weighted by molar-refractivity contribution is 0.420. The molecule has 1 aromatic rings. The molecule has 0 aliphatic carbocycles. The van der Waals surface area contributed by atoms with Crippen LogP contribution in [0.25, 0.3) is 0 Å². The van der Waals surface area contributed by atoms with E-state index in [1.165, 1.54) is 6.07 Å². The van der Waals surface area contributed by atoms with Crippen molar-refractivity contribution in [3.8, 4) is 0 Å². The van der Waals surface area contributed by atoms with Gasteiger partial charge >= 0.3 is 0 Å². The molecule has 1 aliphatic rings. The Hall–Kier alpha value is -0.380. The lowest BCUT2D eigenvalue weighted by atomic mass is 9.98. The Bertz CT molecular complexity index is 266. The second kappa shape index (κ2) is 5.37. The number of rotatable bonds is 1. The molecule has 1 saturated heterocycles. The van der Waals surface area contributed by atoms with E-state index in [-0.39, 0.29) is 36.5 Å². The second-order valence-electron chi connectivity index (χ2n) is 2.73. The second-order valence-corrected chi connectivity index (χ2v) is 2.73. The summed E-state index contributed by atoms with van der Waals surface area (Å²) < 4.78 is 13.0. The molecule has 13 heavy (non-hydrogen) atoms. The fourth-order valence-corrected chi connectivity index (χ4v) is 1.18. The Morgan fingerprint density at radius 2 is 2.08 bits per heavy atom. The molecule has 0 amide bonds. The highest BCUT2D eigenvalue weighted by atomic mass is 35.5. The van der Waals surface area contributed by atoms with E-state index in [0.717, 1.165) is 13.1 Å². The molecule has 74 valence electrons. The van der Waals surface area contributed by atoms with Crippen LogP contribution < -0.4 is 5.32 Å².